The lowest BCUT2D eigenvalue weighted by Crippen LogP contribution is -2.36. The summed E-state index contributed by atoms with van der Waals surface area (Å²) >= 11 is 1.66. The van der Waals surface area contributed by atoms with Gasteiger partial charge in [-0.1, -0.05) is 37.5 Å². The van der Waals surface area contributed by atoms with Gasteiger partial charge in [0.2, 0.25) is 5.88 Å². The van der Waals surface area contributed by atoms with Crippen LogP contribution in [0, 0.1) is 0 Å². The Balaban J connectivity index is 1.66. The van der Waals surface area contributed by atoms with E-state index in [9.17, 15) is 14.7 Å². The van der Waals surface area contributed by atoms with Gasteiger partial charge in [0.15, 0.2) is 0 Å². The van der Waals surface area contributed by atoms with Crippen LogP contribution in [0.4, 0.5) is 5.69 Å². The van der Waals surface area contributed by atoms with Crippen molar-refractivity contribution >= 4 is 23.2 Å². The Hall–Kier alpha value is -3.13. The van der Waals surface area contributed by atoms with Crippen molar-refractivity contribution in [2.75, 3.05) is 0 Å². The van der Waals surface area contributed by atoms with Crippen LogP contribution in [-0.2, 0) is 0 Å². The molecule has 0 saturated heterocycles. The van der Waals surface area contributed by atoms with Crippen LogP contribution < -0.4 is 11.2 Å². The average Bonchev–Trinajstić information content (AvgIpc) is 3.00. The first-order valence-corrected chi connectivity index (χ1v) is 11.8. The third-order valence-electron chi connectivity index (χ3n) is 6.17. The number of H-pyrrole nitrogens is 1. The van der Waals surface area contributed by atoms with Gasteiger partial charge in [0.05, 0.1) is 11.4 Å². The zero-order chi connectivity index (χ0) is 22.1. The molecule has 0 amide bonds. The molecule has 1 aliphatic carbocycles. The maximum atomic E-state index is 12.9. The summed E-state index contributed by atoms with van der Waals surface area (Å²) in [6, 6.07) is 11.5. The molecule has 1 aromatic carbocycles. The minimum atomic E-state index is -0.604. The molecule has 0 spiro atoms. The van der Waals surface area contributed by atoms with E-state index in [-0.39, 0.29) is 22.7 Å². The monoisotopic (exact) mass is 448 g/mol. The van der Waals surface area contributed by atoms with Crippen LogP contribution in [-0.4, -0.2) is 25.4 Å². The van der Waals surface area contributed by atoms with Crippen molar-refractivity contribution in [3.8, 4) is 5.88 Å². The van der Waals surface area contributed by atoms with Crippen molar-refractivity contribution in [2.24, 2.45) is 4.99 Å². The number of aromatic nitrogens is 3. The minimum Gasteiger partial charge on any atom is -0.494 e. The highest BCUT2D eigenvalue weighted by Crippen LogP contribution is 2.45. The first-order valence-electron chi connectivity index (χ1n) is 10.9. The molecule has 32 heavy (non-hydrogen) atoms. The van der Waals surface area contributed by atoms with E-state index < -0.39 is 11.2 Å². The van der Waals surface area contributed by atoms with Crippen molar-refractivity contribution in [3.63, 3.8) is 0 Å². The van der Waals surface area contributed by atoms with Crippen LogP contribution in [0.25, 0.3) is 0 Å². The number of hydrogen-bond acceptors (Lipinski definition) is 6. The SMILES string of the molecule is O=c1[nH]c(=O)n(C2CCCCC2)c(O)c1C1=Nc2ccccc2SC(c2cccnc2)C1. The first kappa shape index (κ1) is 20.8. The molecule has 2 aliphatic rings. The van der Waals surface area contributed by atoms with Gasteiger partial charge in [-0.05, 0) is 36.6 Å². The summed E-state index contributed by atoms with van der Waals surface area (Å²) in [4.78, 5) is 38.1. The average molecular weight is 449 g/mol. The molecule has 8 heteroatoms. The summed E-state index contributed by atoms with van der Waals surface area (Å²) in [5, 5.41) is 11.2. The van der Waals surface area contributed by atoms with Crippen LogP contribution in [0.3, 0.4) is 0 Å². The minimum absolute atomic E-state index is 0.0417. The molecule has 0 bridgehead atoms. The number of benzene rings is 1. The third kappa shape index (κ3) is 3.90. The van der Waals surface area contributed by atoms with Gasteiger partial charge in [0, 0.05) is 35.0 Å². The molecule has 1 unspecified atom stereocenters. The molecule has 1 atom stereocenters. The van der Waals surface area contributed by atoms with E-state index >= 15 is 0 Å². The highest BCUT2D eigenvalue weighted by molar-refractivity contribution is 7.99. The first-order chi connectivity index (χ1) is 15.6. The van der Waals surface area contributed by atoms with E-state index in [1.807, 2.05) is 42.6 Å². The second-order valence-corrected chi connectivity index (χ2v) is 9.49. The van der Waals surface area contributed by atoms with E-state index in [2.05, 4.69) is 9.97 Å². The molecule has 3 heterocycles. The van der Waals surface area contributed by atoms with Crippen LogP contribution in [0.1, 0.15) is 60.9 Å². The highest BCUT2D eigenvalue weighted by Gasteiger charge is 2.29. The Morgan fingerprint density at radius 2 is 1.88 bits per heavy atom. The van der Waals surface area contributed by atoms with E-state index in [1.54, 1.807) is 18.0 Å². The Morgan fingerprint density at radius 1 is 1.06 bits per heavy atom. The zero-order valence-electron chi connectivity index (χ0n) is 17.5. The molecule has 2 aromatic heterocycles. The summed E-state index contributed by atoms with van der Waals surface area (Å²) in [7, 11) is 0. The molecule has 7 nitrogen and oxygen atoms in total. The predicted molar refractivity (Wildman–Crippen MR) is 125 cm³/mol. The number of nitrogens with zero attached hydrogens (tertiary/aromatic N) is 3. The number of nitrogens with one attached hydrogen (secondary N) is 1. The number of para-hydroxylation sites is 1. The molecule has 2 N–H and O–H groups in total. The van der Waals surface area contributed by atoms with Crippen molar-refractivity contribution in [1.29, 1.82) is 0 Å². The molecule has 1 saturated carbocycles. The van der Waals surface area contributed by atoms with Gasteiger partial charge in [-0.2, -0.15) is 0 Å². The smallest absolute Gasteiger partial charge is 0.331 e. The number of pyridine rings is 1. The largest absolute Gasteiger partial charge is 0.494 e. The number of thioether (sulfide) groups is 1. The number of hydrogen-bond donors (Lipinski definition) is 2. The Morgan fingerprint density at radius 3 is 2.66 bits per heavy atom. The third-order valence-corrected chi connectivity index (χ3v) is 7.49. The van der Waals surface area contributed by atoms with Gasteiger partial charge in [-0.3, -0.25) is 24.3 Å². The summed E-state index contributed by atoms with van der Waals surface area (Å²) in [6.07, 6.45) is 8.70. The predicted octanol–water partition coefficient (Wildman–Crippen LogP) is 4.50. The topological polar surface area (TPSA) is 100 Å². The lowest BCUT2D eigenvalue weighted by molar-refractivity contribution is 0.298. The molecule has 3 aromatic rings. The fraction of sp³-hybridized carbons (Fsp3) is 0.333. The van der Waals surface area contributed by atoms with E-state index in [0.29, 0.717) is 12.1 Å². The number of aromatic amines is 1. The van der Waals surface area contributed by atoms with Crippen LogP contribution in [0.15, 0.2) is 68.3 Å². The zero-order valence-corrected chi connectivity index (χ0v) is 18.3. The van der Waals surface area contributed by atoms with Crippen molar-refractivity contribution in [1.82, 2.24) is 14.5 Å². The van der Waals surface area contributed by atoms with Crippen molar-refractivity contribution in [3.05, 3.63) is 80.8 Å². The van der Waals surface area contributed by atoms with Crippen LogP contribution in [0.5, 0.6) is 5.88 Å². The van der Waals surface area contributed by atoms with Gasteiger partial charge in [0.25, 0.3) is 5.56 Å². The molecule has 0 radical (unpaired) electrons. The Labute approximate surface area is 189 Å². The standard InChI is InChI=1S/C24H24N4O3S/c29-22-21(23(30)28(24(31)27-22)16-8-2-1-3-9-16)18-13-20(15-7-6-12-25-14-15)32-19-11-5-4-10-17(19)26-18/h4-7,10-12,14,16,20,30H,1-3,8-9,13H2,(H,27,29,31). The second-order valence-electron chi connectivity index (χ2n) is 8.24. The Kier molecular flexibility index (Phi) is 5.70. The normalized spacial score (nSPS) is 19.1. The van der Waals surface area contributed by atoms with Gasteiger partial charge in [-0.15, -0.1) is 11.8 Å². The Bertz CT molecular complexity index is 1280. The number of aliphatic imine (C=N–C) groups is 1. The van der Waals surface area contributed by atoms with Crippen molar-refractivity contribution in [2.45, 2.75) is 54.7 Å². The van der Waals surface area contributed by atoms with Gasteiger partial charge in [0.1, 0.15) is 5.56 Å². The number of rotatable bonds is 3. The molecule has 5 rings (SSSR count). The lowest BCUT2D eigenvalue weighted by Gasteiger charge is -2.25. The van der Waals surface area contributed by atoms with Crippen LogP contribution >= 0.6 is 11.8 Å². The molecule has 1 fully saturated rings. The lowest BCUT2D eigenvalue weighted by atomic mass is 9.95. The highest BCUT2D eigenvalue weighted by atomic mass is 32.2. The molecular formula is C24H24N4O3S. The quantitative estimate of drug-likeness (QED) is 0.614. The van der Waals surface area contributed by atoms with Gasteiger partial charge < -0.3 is 5.11 Å². The fourth-order valence-corrected chi connectivity index (χ4v) is 5.81. The second kappa shape index (κ2) is 8.78. The number of aromatic hydroxyl groups is 1. The maximum absolute atomic E-state index is 12.9. The molecular weight excluding hydrogens is 424 g/mol. The molecule has 1 aliphatic heterocycles. The van der Waals surface area contributed by atoms with E-state index in [1.165, 1.54) is 4.57 Å². The fourth-order valence-electron chi connectivity index (χ4n) is 4.60. The van der Waals surface area contributed by atoms with E-state index in [4.69, 9.17) is 4.99 Å². The molecule has 164 valence electrons. The number of fused-ring (bicyclic) bond motifs is 1. The van der Waals surface area contributed by atoms with E-state index in [0.717, 1.165) is 48.3 Å². The summed E-state index contributed by atoms with van der Waals surface area (Å²) in [5.74, 6) is -0.279. The van der Waals surface area contributed by atoms with Crippen LogP contribution in [0.2, 0.25) is 0 Å². The summed E-state index contributed by atoms with van der Waals surface area (Å²) in [6.45, 7) is 0. The summed E-state index contributed by atoms with van der Waals surface area (Å²) < 4.78 is 1.36. The maximum Gasteiger partial charge on any atom is 0.331 e. The van der Waals surface area contributed by atoms with Gasteiger partial charge >= 0.3 is 5.69 Å². The van der Waals surface area contributed by atoms with Gasteiger partial charge in [-0.25, -0.2) is 4.79 Å². The van der Waals surface area contributed by atoms with Crippen molar-refractivity contribution < 1.29 is 5.11 Å². The summed E-state index contributed by atoms with van der Waals surface area (Å²) in [5.41, 5.74) is 1.15.